The zero-order valence-electron chi connectivity index (χ0n) is 11.9. The van der Waals surface area contributed by atoms with Gasteiger partial charge in [-0.25, -0.2) is 0 Å². The van der Waals surface area contributed by atoms with Crippen LogP contribution in [0, 0.1) is 0 Å². The minimum Gasteiger partial charge on any atom is -0.390 e. The SMILES string of the molecule is CCCC[C@H](O)C1O[C@@H]2SC(NCC)=N[C@@H]2[C@@H](O)[C@@H]1O. The van der Waals surface area contributed by atoms with Gasteiger partial charge in [0, 0.05) is 6.54 Å². The topological polar surface area (TPSA) is 94.3 Å². The summed E-state index contributed by atoms with van der Waals surface area (Å²) in [5.74, 6) is 0. The van der Waals surface area contributed by atoms with E-state index in [0.29, 0.717) is 6.42 Å². The maximum atomic E-state index is 10.2. The van der Waals surface area contributed by atoms with Crippen LogP contribution in [-0.4, -0.2) is 62.9 Å². The smallest absolute Gasteiger partial charge is 0.159 e. The Bertz CT molecular complexity index is 355. The predicted molar refractivity (Wildman–Crippen MR) is 78.7 cm³/mol. The van der Waals surface area contributed by atoms with Gasteiger partial charge >= 0.3 is 0 Å². The van der Waals surface area contributed by atoms with Crippen molar-refractivity contribution in [1.82, 2.24) is 5.32 Å². The third-order valence-electron chi connectivity index (χ3n) is 3.66. The van der Waals surface area contributed by atoms with Gasteiger partial charge in [0.05, 0.1) is 6.10 Å². The second-order valence-electron chi connectivity index (χ2n) is 5.23. The molecule has 2 rings (SSSR count). The summed E-state index contributed by atoms with van der Waals surface area (Å²) < 4.78 is 5.78. The minimum atomic E-state index is -1.10. The number of amidine groups is 1. The number of hydrogen-bond donors (Lipinski definition) is 4. The third kappa shape index (κ3) is 3.28. The lowest BCUT2D eigenvalue weighted by molar-refractivity contribution is -0.185. The molecular weight excluding hydrogens is 280 g/mol. The van der Waals surface area contributed by atoms with E-state index < -0.39 is 30.5 Å². The maximum absolute atomic E-state index is 10.2. The van der Waals surface area contributed by atoms with Crippen molar-refractivity contribution in [3.63, 3.8) is 0 Å². The number of aliphatic hydroxyl groups excluding tert-OH is 3. The Balaban J connectivity index is 2.01. The molecule has 0 bridgehead atoms. The number of unbranched alkanes of at least 4 members (excludes halogenated alkanes) is 1. The molecule has 0 aromatic heterocycles. The summed E-state index contributed by atoms with van der Waals surface area (Å²) in [6.07, 6.45) is -1.22. The van der Waals surface area contributed by atoms with Gasteiger partial charge in [-0.1, -0.05) is 31.5 Å². The minimum absolute atomic E-state index is 0.344. The van der Waals surface area contributed by atoms with Crippen LogP contribution in [0.1, 0.15) is 33.1 Å². The van der Waals surface area contributed by atoms with Crippen LogP contribution < -0.4 is 5.32 Å². The normalized spacial score (nSPS) is 38.2. The number of aliphatic hydroxyl groups is 3. The van der Waals surface area contributed by atoms with Gasteiger partial charge in [0.2, 0.25) is 0 Å². The first-order chi connectivity index (χ1) is 9.58. The molecule has 6 atom stereocenters. The number of rotatable bonds is 5. The van der Waals surface area contributed by atoms with E-state index >= 15 is 0 Å². The predicted octanol–water partition coefficient (Wildman–Crippen LogP) is 0.0651. The second kappa shape index (κ2) is 7.09. The van der Waals surface area contributed by atoms with Gasteiger partial charge in [-0.3, -0.25) is 4.99 Å². The molecule has 7 heteroatoms. The van der Waals surface area contributed by atoms with Gasteiger partial charge in [0.25, 0.3) is 0 Å². The van der Waals surface area contributed by atoms with Crippen LogP contribution in [0.2, 0.25) is 0 Å². The standard InChI is InChI=1S/C13H24N2O4S/c1-3-5-6-7(16)11-10(18)9(17)8-12(19-11)20-13(15-8)14-4-2/h7-12,16-18H,3-6H2,1-2H3,(H,14,15)/t7-,8+,9+,10-,11?,12+/m0/s1. The molecule has 2 aliphatic heterocycles. The Morgan fingerprint density at radius 3 is 2.75 bits per heavy atom. The first-order valence-corrected chi connectivity index (χ1v) is 8.14. The highest BCUT2D eigenvalue weighted by Gasteiger charge is 2.49. The van der Waals surface area contributed by atoms with E-state index in [1.807, 2.05) is 13.8 Å². The van der Waals surface area contributed by atoms with Gasteiger partial charge in [-0.05, 0) is 13.3 Å². The van der Waals surface area contributed by atoms with E-state index in [9.17, 15) is 15.3 Å². The monoisotopic (exact) mass is 304 g/mol. The van der Waals surface area contributed by atoms with Gasteiger partial charge in [0.15, 0.2) is 5.17 Å². The first kappa shape index (κ1) is 16.0. The Hall–Kier alpha value is -0.340. The van der Waals surface area contributed by atoms with Crippen molar-refractivity contribution < 1.29 is 20.1 Å². The number of nitrogens with zero attached hydrogens (tertiary/aromatic N) is 1. The Labute approximate surface area is 123 Å². The van der Waals surface area contributed by atoms with Crippen molar-refractivity contribution in [2.75, 3.05) is 6.54 Å². The third-order valence-corrected chi connectivity index (χ3v) is 4.76. The fourth-order valence-electron chi connectivity index (χ4n) is 2.52. The number of nitrogens with one attached hydrogen (secondary N) is 1. The lowest BCUT2D eigenvalue weighted by Gasteiger charge is -2.40. The quantitative estimate of drug-likeness (QED) is 0.574. The molecule has 0 aromatic rings. The molecule has 1 fully saturated rings. The molecule has 0 spiro atoms. The average molecular weight is 304 g/mol. The number of thioether (sulfide) groups is 1. The van der Waals surface area contributed by atoms with Crippen LogP contribution in [0.3, 0.4) is 0 Å². The molecule has 116 valence electrons. The summed E-state index contributed by atoms with van der Waals surface area (Å²) in [6, 6.07) is -0.473. The summed E-state index contributed by atoms with van der Waals surface area (Å²) >= 11 is 1.40. The summed E-state index contributed by atoms with van der Waals surface area (Å²) in [4.78, 5) is 4.34. The van der Waals surface area contributed by atoms with Crippen LogP contribution >= 0.6 is 11.8 Å². The van der Waals surface area contributed by atoms with Crippen LogP contribution in [0.15, 0.2) is 4.99 Å². The van der Waals surface area contributed by atoms with Crippen LogP contribution in [0.4, 0.5) is 0 Å². The molecule has 0 radical (unpaired) electrons. The zero-order valence-corrected chi connectivity index (χ0v) is 12.7. The van der Waals surface area contributed by atoms with Crippen LogP contribution in [0.5, 0.6) is 0 Å². The molecule has 0 aromatic carbocycles. The van der Waals surface area contributed by atoms with Gasteiger partial charge < -0.3 is 25.4 Å². The lowest BCUT2D eigenvalue weighted by atomic mass is 9.93. The fraction of sp³-hybridized carbons (Fsp3) is 0.923. The van der Waals surface area contributed by atoms with Gasteiger partial charge in [-0.15, -0.1) is 0 Å². The van der Waals surface area contributed by atoms with E-state index in [1.165, 1.54) is 11.8 Å². The number of ether oxygens (including phenoxy) is 1. The Morgan fingerprint density at radius 1 is 1.35 bits per heavy atom. The summed E-state index contributed by atoms with van der Waals surface area (Å²) in [5, 5.41) is 34.3. The summed E-state index contributed by atoms with van der Waals surface area (Å²) in [5.41, 5.74) is -0.344. The highest BCUT2D eigenvalue weighted by molar-refractivity contribution is 8.14. The van der Waals surface area contributed by atoms with E-state index in [0.717, 1.165) is 24.6 Å². The molecule has 0 aliphatic carbocycles. The molecule has 2 heterocycles. The molecular formula is C13H24N2O4S. The van der Waals surface area contributed by atoms with Crippen LogP contribution in [-0.2, 0) is 4.74 Å². The van der Waals surface area contributed by atoms with Crippen LogP contribution in [0.25, 0.3) is 0 Å². The highest BCUT2D eigenvalue weighted by atomic mass is 32.2. The van der Waals surface area contributed by atoms with E-state index in [1.54, 1.807) is 0 Å². The van der Waals surface area contributed by atoms with Gasteiger partial charge in [-0.2, -0.15) is 0 Å². The number of aliphatic imine (C=N–C) groups is 1. The van der Waals surface area contributed by atoms with E-state index in [-0.39, 0.29) is 5.44 Å². The van der Waals surface area contributed by atoms with Crippen molar-refractivity contribution in [3.05, 3.63) is 0 Å². The molecule has 4 N–H and O–H groups in total. The van der Waals surface area contributed by atoms with Gasteiger partial charge in [0.1, 0.15) is 29.8 Å². The lowest BCUT2D eigenvalue weighted by Crippen LogP contribution is -2.58. The number of hydrogen-bond acceptors (Lipinski definition) is 7. The second-order valence-corrected chi connectivity index (χ2v) is 6.32. The van der Waals surface area contributed by atoms with Crippen molar-refractivity contribution in [2.45, 2.75) is 69.0 Å². The fourth-order valence-corrected chi connectivity index (χ4v) is 3.69. The molecule has 0 saturated carbocycles. The van der Waals surface area contributed by atoms with Crippen molar-refractivity contribution >= 4 is 16.9 Å². The maximum Gasteiger partial charge on any atom is 0.159 e. The Kier molecular flexibility index (Phi) is 5.68. The highest BCUT2D eigenvalue weighted by Crippen LogP contribution is 2.37. The summed E-state index contributed by atoms with van der Waals surface area (Å²) in [7, 11) is 0. The van der Waals surface area contributed by atoms with E-state index in [2.05, 4.69) is 10.3 Å². The molecule has 20 heavy (non-hydrogen) atoms. The zero-order chi connectivity index (χ0) is 14.7. The number of fused-ring (bicyclic) bond motifs is 1. The molecule has 2 aliphatic rings. The van der Waals surface area contributed by atoms with E-state index in [4.69, 9.17) is 4.74 Å². The average Bonchev–Trinajstić information content (AvgIpc) is 2.83. The molecule has 0 amide bonds. The molecule has 1 saturated heterocycles. The first-order valence-electron chi connectivity index (χ1n) is 7.26. The van der Waals surface area contributed by atoms with Crippen molar-refractivity contribution in [1.29, 1.82) is 0 Å². The largest absolute Gasteiger partial charge is 0.390 e. The molecule has 1 unspecified atom stereocenters. The molecule has 6 nitrogen and oxygen atoms in total. The van der Waals surface area contributed by atoms with Crippen molar-refractivity contribution in [3.8, 4) is 0 Å². The summed E-state index contributed by atoms with van der Waals surface area (Å²) in [6.45, 7) is 4.75. The van der Waals surface area contributed by atoms with Crippen molar-refractivity contribution in [2.24, 2.45) is 4.99 Å². The Morgan fingerprint density at radius 2 is 2.10 bits per heavy atom.